The van der Waals surface area contributed by atoms with E-state index in [4.69, 9.17) is 9.47 Å². The molecule has 27 heavy (non-hydrogen) atoms. The average molecular weight is 376 g/mol. The maximum Gasteiger partial charge on any atom is 0.328 e. The van der Waals surface area contributed by atoms with E-state index in [9.17, 15) is 14.7 Å². The van der Waals surface area contributed by atoms with Crippen molar-refractivity contribution < 1.29 is 24.2 Å². The molecule has 1 aromatic carbocycles. The maximum absolute atomic E-state index is 13.4. The van der Waals surface area contributed by atoms with Crippen molar-refractivity contribution in [3.05, 3.63) is 29.8 Å². The summed E-state index contributed by atoms with van der Waals surface area (Å²) in [7, 11) is 0. The Labute approximate surface area is 159 Å². The van der Waals surface area contributed by atoms with Gasteiger partial charge in [0.05, 0.1) is 18.8 Å². The molecule has 2 heterocycles. The zero-order chi connectivity index (χ0) is 19.4. The summed E-state index contributed by atoms with van der Waals surface area (Å²) < 4.78 is 11.6. The molecular formula is C20H28N2O5. The maximum atomic E-state index is 13.4. The highest BCUT2D eigenvalue weighted by atomic mass is 16.5. The van der Waals surface area contributed by atoms with E-state index in [0.29, 0.717) is 30.8 Å². The number of likely N-dealkylation sites (tertiary alicyclic amines) is 1. The van der Waals surface area contributed by atoms with Gasteiger partial charge < -0.3 is 19.5 Å². The van der Waals surface area contributed by atoms with E-state index in [1.807, 2.05) is 6.92 Å². The number of hydrogen-bond donors (Lipinski definition) is 1. The van der Waals surface area contributed by atoms with E-state index in [-0.39, 0.29) is 12.5 Å². The summed E-state index contributed by atoms with van der Waals surface area (Å²) in [5.74, 6) is -0.905. The number of piperidine rings is 1. The molecule has 7 nitrogen and oxygen atoms in total. The van der Waals surface area contributed by atoms with Gasteiger partial charge in [0.2, 0.25) is 0 Å². The third-order valence-corrected chi connectivity index (χ3v) is 5.36. The fourth-order valence-corrected chi connectivity index (χ4v) is 4.05. The Balaban J connectivity index is 1.91. The van der Waals surface area contributed by atoms with Gasteiger partial charge in [-0.3, -0.25) is 9.69 Å². The van der Waals surface area contributed by atoms with E-state index in [2.05, 4.69) is 11.8 Å². The molecule has 0 aromatic heterocycles. The second-order valence-corrected chi connectivity index (χ2v) is 7.06. The molecule has 2 aliphatic rings. The molecule has 0 bridgehead atoms. The van der Waals surface area contributed by atoms with Crippen molar-refractivity contribution in [1.29, 1.82) is 0 Å². The van der Waals surface area contributed by atoms with Gasteiger partial charge in [0.25, 0.3) is 5.91 Å². The molecule has 2 aliphatic heterocycles. The first-order valence-corrected chi connectivity index (χ1v) is 9.67. The van der Waals surface area contributed by atoms with Gasteiger partial charge in [-0.1, -0.05) is 19.1 Å². The molecule has 0 aliphatic carbocycles. The quantitative estimate of drug-likeness (QED) is 0.820. The second kappa shape index (κ2) is 8.27. The standard InChI is InChI=1S/C20H28N2O5/c1-3-11-21-12-9-20(10-13-21)22(16(14-27-20)19(24)25)18(23)15-7-5-6-8-17(15)26-4-2/h5-8,16H,3-4,9-14H2,1-2H3,(H,24,25)/t16-/m1/s1. The van der Waals surface area contributed by atoms with Crippen LogP contribution in [0.2, 0.25) is 0 Å². The zero-order valence-corrected chi connectivity index (χ0v) is 16.0. The molecule has 0 radical (unpaired) electrons. The van der Waals surface area contributed by atoms with E-state index < -0.39 is 17.7 Å². The minimum absolute atomic E-state index is 0.0195. The monoisotopic (exact) mass is 376 g/mol. The van der Waals surface area contributed by atoms with E-state index in [0.717, 1.165) is 26.1 Å². The fraction of sp³-hybridized carbons (Fsp3) is 0.600. The van der Waals surface area contributed by atoms with Crippen LogP contribution in [0.25, 0.3) is 0 Å². The molecule has 0 unspecified atom stereocenters. The molecule has 148 valence electrons. The van der Waals surface area contributed by atoms with Gasteiger partial charge in [-0.05, 0) is 32.0 Å². The molecule has 2 fully saturated rings. The lowest BCUT2D eigenvalue weighted by Gasteiger charge is -2.44. The van der Waals surface area contributed by atoms with Crippen molar-refractivity contribution in [2.24, 2.45) is 0 Å². The first kappa shape index (κ1) is 19.6. The number of rotatable bonds is 6. The second-order valence-electron chi connectivity index (χ2n) is 7.06. The molecule has 1 atom stereocenters. The summed E-state index contributed by atoms with van der Waals surface area (Å²) in [5, 5.41) is 9.69. The third-order valence-electron chi connectivity index (χ3n) is 5.36. The Bertz CT molecular complexity index is 685. The normalized spacial score (nSPS) is 22.1. The molecule has 1 amide bonds. The van der Waals surface area contributed by atoms with Crippen molar-refractivity contribution in [2.45, 2.75) is 44.9 Å². The Kier molecular flexibility index (Phi) is 6.01. The number of ether oxygens (including phenoxy) is 2. The molecule has 1 N–H and O–H groups in total. The van der Waals surface area contributed by atoms with Crippen LogP contribution >= 0.6 is 0 Å². The predicted molar refractivity (Wildman–Crippen MR) is 99.9 cm³/mol. The molecule has 3 rings (SSSR count). The van der Waals surface area contributed by atoms with Gasteiger partial charge in [-0.25, -0.2) is 4.79 Å². The molecule has 1 spiro atoms. The highest BCUT2D eigenvalue weighted by molar-refractivity contribution is 5.99. The lowest BCUT2D eigenvalue weighted by molar-refractivity contribution is -0.143. The number of carboxylic acids is 1. The topological polar surface area (TPSA) is 79.3 Å². The minimum Gasteiger partial charge on any atom is -0.493 e. The van der Waals surface area contributed by atoms with Crippen LogP contribution in [0.1, 0.15) is 43.5 Å². The molecule has 1 aromatic rings. The Morgan fingerprint density at radius 1 is 1.26 bits per heavy atom. The Morgan fingerprint density at radius 2 is 1.96 bits per heavy atom. The zero-order valence-electron chi connectivity index (χ0n) is 16.0. The SMILES string of the molecule is CCCN1CCC2(CC1)OC[C@H](C(=O)O)N2C(=O)c1ccccc1OCC. The summed E-state index contributed by atoms with van der Waals surface area (Å²) >= 11 is 0. The van der Waals surface area contributed by atoms with Crippen LogP contribution in [0.3, 0.4) is 0 Å². The number of carbonyl (C=O) groups excluding carboxylic acids is 1. The van der Waals surface area contributed by atoms with Crippen molar-refractivity contribution in [3.8, 4) is 5.75 Å². The van der Waals surface area contributed by atoms with Crippen LogP contribution in [-0.4, -0.2) is 71.4 Å². The largest absolute Gasteiger partial charge is 0.493 e. The number of hydrogen-bond acceptors (Lipinski definition) is 5. The summed E-state index contributed by atoms with van der Waals surface area (Å²) in [5.41, 5.74) is -0.476. The van der Waals surface area contributed by atoms with Gasteiger partial charge in [-0.2, -0.15) is 0 Å². The van der Waals surface area contributed by atoms with Crippen molar-refractivity contribution >= 4 is 11.9 Å². The number of aliphatic carboxylic acids is 1. The number of amides is 1. The first-order chi connectivity index (χ1) is 13.0. The summed E-state index contributed by atoms with van der Waals surface area (Å²) in [6.07, 6.45) is 2.29. The smallest absolute Gasteiger partial charge is 0.328 e. The number of benzene rings is 1. The van der Waals surface area contributed by atoms with Crippen LogP contribution in [0, 0.1) is 0 Å². The van der Waals surface area contributed by atoms with Gasteiger partial charge in [0, 0.05) is 25.9 Å². The van der Waals surface area contributed by atoms with E-state index in [1.165, 1.54) is 4.90 Å². The van der Waals surface area contributed by atoms with Crippen LogP contribution < -0.4 is 4.74 Å². The molecule has 2 saturated heterocycles. The van der Waals surface area contributed by atoms with Crippen LogP contribution in [-0.2, 0) is 9.53 Å². The number of carboxylic acid groups (broad SMARTS) is 1. The molecule has 0 saturated carbocycles. The number of nitrogens with zero attached hydrogens (tertiary/aromatic N) is 2. The third kappa shape index (κ3) is 3.80. The minimum atomic E-state index is -1.04. The van der Waals surface area contributed by atoms with Crippen molar-refractivity contribution in [1.82, 2.24) is 9.80 Å². The van der Waals surface area contributed by atoms with Crippen LogP contribution in [0.5, 0.6) is 5.75 Å². The van der Waals surface area contributed by atoms with Gasteiger partial charge >= 0.3 is 5.97 Å². The highest BCUT2D eigenvalue weighted by Gasteiger charge is 2.54. The Hall–Kier alpha value is -2.12. The summed E-state index contributed by atoms with van der Waals surface area (Å²) in [6, 6.07) is 6.00. The summed E-state index contributed by atoms with van der Waals surface area (Å²) in [4.78, 5) is 29.1. The van der Waals surface area contributed by atoms with Crippen LogP contribution in [0.15, 0.2) is 24.3 Å². The number of para-hydroxylation sites is 1. The van der Waals surface area contributed by atoms with E-state index in [1.54, 1.807) is 24.3 Å². The van der Waals surface area contributed by atoms with Crippen molar-refractivity contribution in [3.63, 3.8) is 0 Å². The number of carbonyl (C=O) groups is 2. The fourth-order valence-electron chi connectivity index (χ4n) is 4.05. The van der Waals surface area contributed by atoms with Gasteiger partial charge in [0.15, 0.2) is 6.04 Å². The lowest BCUT2D eigenvalue weighted by atomic mass is 9.96. The van der Waals surface area contributed by atoms with Crippen molar-refractivity contribution in [2.75, 3.05) is 32.8 Å². The average Bonchev–Trinajstić information content (AvgIpc) is 3.03. The summed E-state index contributed by atoms with van der Waals surface area (Å²) in [6.45, 7) is 7.02. The predicted octanol–water partition coefficient (Wildman–Crippen LogP) is 2.21. The van der Waals surface area contributed by atoms with Gasteiger partial charge in [-0.15, -0.1) is 0 Å². The lowest BCUT2D eigenvalue weighted by Crippen LogP contribution is -2.58. The van der Waals surface area contributed by atoms with Gasteiger partial charge in [0.1, 0.15) is 11.5 Å². The highest BCUT2D eigenvalue weighted by Crippen LogP contribution is 2.39. The first-order valence-electron chi connectivity index (χ1n) is 9.67. The van der Waals surface area contributed by atoms with Crippen LogP contribution in [0.4, 0.5) is 0 Å². The Morgan fingerprint density at radius 3 is 2.59 bits per heavy atom. The molecule has 7 heteroatoms. The molecular weight excluding hydrogens is 348 g/mol. The van der Waals surface area contributed by atoms with E-state index >= 15 is 0 Å².